The van der Waals surface area contributed by atoms with E-state index in [0.717, 1.165) is 0 Å². The summed E-state index contributed by atoms with van der Waals surface area (Å²) in [5, 5.41) is 24.9. The summed E-state index contributed by atoms with van der Waals surface area (Å²) < 4.78 is 18.2. The Morgan fingerprint density at radius 3 is 2.33 bits per heavy atom. The van der Waals surface area contributed by atoms with E-state index >= 15 is 0 Å². The molecule has 1 aromatic carbocycles. The van der Waals surface area contributed by atoms with Gasteiger partial charge in [-0.15, -0.1) is 10.2 Å². The number of aryl methyl sites for hydroxylation is 1. The third-order valence-electron chi connectivity index (χ3n) is 4.58. The molecule has 3 amide bonds. The Balaban J connectivity index is 2.28. The number of rotatable bonds is 8. The van der Waals surface area contributed by atoms with Crippen LogP contribution < -0.4 is 16.0 Å². The Morgan fingerprint density at radius 2 is 1.79 bits per heavy atom. The van der Waals surface area contributed by atoms with Crippen molar-refractivity contribution < 1.29 is 28.3 Å². The van der Waals surface area contributed by atoms with Crippen LogP contribution in [0.2, 0.25) is 0 Å². The van der Waals surface area contributed by atoms with E-state index in [1.807, 2.05) is 0 Å². The lowest BCUT2D eigenvalue weighted by molar-refractivity contribution is -0.121. The first kappa shape index (κ1) is 25.2. The molecule has 176 valence electrons. The van der Waals surface area contributed by atoms with Crippen LogP contribution in [0.4, 0.5) is 4.39 Å². The van der Waals surface area contributed by atoms with Gasteiger partial charge in [0.2, 0.25) is 11.6 Å². The van der Waals surface area contributed by atoms with Crippen molar-refractivity contribution in [2.45, 2.75) is 39.8 Å². The number of carbonyl (C=O) groups is 3. The molecule has 0 atom stereocenters. The largest absolute Gasteiger partial charge is 0.501 e. The van der Waals surface area contributed by atoms with Crippen LogP contribution in [0.1, 0.15) is 42.9 Å². The predicted octanol–water partition coefficient (Wildman–Crippen LogP) is 1.32. The summed E-state index contributed by atoms with van der Waals surface area (Å²) in [5.41, 5.74) is -0.920. The molecule has 0 unspecified atom stereocenters. The van der Waals surface area contributed by atoms with E-state index in [2.05, 4.69) is 31.1 Å². The molecule has 1 heterocycles. The van der Waals surface area contributed by atoms with E-state index in [1.54, 1.807) is 13.8 Å². The van der Waals surface area contributed by atoms with Crippen LogP contribution in [0.15, 0.2) is 45.1 Å². The zero-order chi connectivity index (χ0) is 24.8. The fourth-order valence-electron chi connectivity index (χ4n) is 2.43. The first-order chi connectivity index (χ1) is 15.4. The third-order valence-corrected chi connectivity index (χ3v) is 4.58. The van der Waals surface area contributed by atoms with E-state index in [1.165, 1.54) is 45.2 Å². The number of aliphatic imine (C=N–C) groups is 1. The molecular weight excluding hydrogens is 435 g/mol. The SMILES string of the molecule is CNC(=O)/C(O)=C(\N=C(C)C(C)(C)NC(=O)c1nnc(C)o1)C(=O)NCc1ccc(F)cc1. The van der Waals surface area contributed by atoms with Gasteiger partial charge in [0, 0.05) is 26.2 Å². The quantitative estimate of drug-likeness (QED) is 0.263. The molecule has 0 aliphatic carbocycles. The fraction of sp³-hybridized carbons (Fsp3) is 0.333. The molecule has 0 aliphatic rings. The van der Waals surface area contributed by atoms with Crippen molar-refractivity contribution in [3.8, 4) is 0 Å². The third kappa shape index (κ3) is 6.69. The number of benzene rings is 1. The van der Waals surface area contributed by atoms with Crippen LogP contribution in [0.25, 0.3) is 0 Å². The van der Waals surface area contributed by atoms with Gasteiger partial charge in [-0.25, -0.2) is 9.38 Å². The van der Waals surface area contributed by atoms with E-state index in [-0.39, 0.29) is 24.0 Å². The molecule has 0 bridgehead atoms. The van der Waals surface area contributed by atoms with Gasteiger partial charge in [-0.05, 0) is 38.5 Å². The number of nitrogens with one attached hydrogen (secondary N) is 3. The monoisotopic (exact) mass is 460 g/mol. The molecule has 0 fully saturated rings. The highest BCUT2D eigenvalue weighted by molar-refractivity contribution is 6.06. The van der Waals surface area contributed by atoms with Crippen LogP contribution in [-0.2, 0) is 16.1 Å². The van der Waals surface area contributed by atoms with Crippen LogP contribution >= 0.6 is 0 Å². The van der Waals surface area contributed by atoms with Crippen molar-refractivity contribution in [1.82, 2.24) is 26.1 Å². The number of hydrogen-bond donors (Lipinski definition) is 4. The first-order valence-electron chi connectivity index (χ1n) is 9.81. The molecule has 0 saturated heterocycles. The molecule has 0 saturated carbocycles. The zero-order valence-electron chi connectivity index (χ0n) is 18.8. The number of hydrogen-bond acceptors (Lipinski definition) is 8. The Hall–Kier alpha value is -4.09. The first-order valence-corrected chi connectivity index (χ1v) is 9.81. The number of amides is 3. The Labute approximate surface area is 189 Å². The highest BCUT2D eigenvalue weighted by Crippen LogP contribution is 2.14. The van der Waals surface area contributed by atoms with Gasteiger partial charge in [-0.3, -0.25) is 14.4 Å². The predicted molar refractivity (Wildman–Crippen MR) is 116 cm³/mol. The molecule has 4 N–H and O–H groups in total. The highest BCUT2D eigenvalue weighted by atomic mass is 19.1. The maximum Gasteiger partial charge on any atom is 0.309 e. The second-order valence-electron chi connectivity index (χ2n) is 7.49. The molecule has 0 aliphatic heterocycles. The number of aliphatic hydroxyl groups is 1. The van der Waals surface area contributed by atoms with E-state index in [0.29, 0.717) is 5.56 Å². The molecule has 2 aromatic rings. The lowest BCUT2D eigenvalue weighted by Crippen LogP contribution is -2.49. The summed E-state index contributed by atoms with van der Waals surface area (Å²) in [6.07, 6.45) is 0. The highest BCUT2D eigenvalue weighted by Gasteiger charge is 2.29. The Kier molecular flexibility index (Phi) is 8.00. The summed E-state index contributed by atoms with van der Waals surface area (Å²) in [7, 11) is 1.28. The van der Waals surface area contributed by atoms with Crippen molar-refractivity contribution in [2.24, 2.45) is 4.99 Å². The summed E-state index contributed by atoms with van der Waals surface area (Å²) in [4.78, 5) is 41.2. The van der Waals surface area contributed by atoms with Gasteiger partial charge in [0.05, 0.1) is 5.54 Å². The maximum atomic E-state index is 13.1. The average Bonchev–Trinajstić information content (AvgIpc) is 3.21. The molecule has 12 heteroatoms. The smallest absolute Gasteiger partial charge is 0.309 e. The van der Waals surface area contributed by atoms with Crippen LogP contribution in [0.3, 0.4) is 0 Å². The maximum absolute atomic E-state index is 13.1. The van der Waals surface area contributed by atoms with Gasteiger partial charge in [0.25, 0.3) is 11.8 Å². The van der Waals surface area contributed by atoms with Crippen molar-refractivity contribution in [3.63, 3.8) is 0 Å². The number of likely N-dealkylation sites (N-methyl/N-ethyl adjacent to an activating group) is 1. The normalized spacial score (nSPS) is 12.6. The molecule has 0 radical (unpaired) electrons. The summed E-state index contributed by atoms with van der Waals surface area (Å²) in [6.45, 7) is 6.22. The second-order valence-corrected chi connectivity index (χ2v) is 7.49. The Bertz CT molecular complexity index is 1100. The van der Waals surface area contributed by atoms with Gasteiger partial charge in [-0.1, -0.05) is 12.1 Å². The molecule has 33 heavy (non-hydrogen) atoms. The number of carbonyl (C=O) groups excluding carboxylic acids is 3. The van der Waals surface area contributed by atoms with Crippen molar-refractivity contribution in [2.75, 3.05) is 7.05 Å². The summed E-state index contributed by atoms with van der Waals surface area (Å²) in [6, 6.07) is 5.42. The van der Waals surface area contributed by atoms with Crippen molar-refractivity contribution in [1.29, 1.82) is 0 Å². The summed E-state index contributed by atoms with van der Waals surface area (Å²) >= 11 is 0. The van der Waals surface area contributed by atoms with Gasteiger partial charge < -0.3 is 25.5 Å². The summed E-state index contributed by atoms with van der Waals surface area (Å²) in [5.74, 6) is -3.84. The molecule has 0 spiro atoms. The topological polar surface area (TPSA) is 159 Å². The molecule has 11 nitrogen and oxygen atoms in total. The van der Waals surface area contributed by atoms with E-state index < -0.39 is 40.5 Å². The molecular formula is C21H25FN6O5. The van der Waals surface area contributed by atoms with E-state index in [4.69, 9.17) is 4.42 Å². The average molecular weight is 460 g/mol. The minimum Gasteiger partial charge on any atom is -0.501 e. The van der Waals surface area contributed by atoms with Crippen molar-refractivity contribution in [3.05, 3.63) is 58.9 Å². The number of halogens is 1. The fourth-order valence-corrected chi connectivity index (χ4v) is 2.43. The minimum atomic E-state index is -1.13. The number of aromatic nitrogens is 2. The van der Waals surface area contributed by atoms with Crippen LogP contribution in [0, 0.1) is 12.7 Å². The van der Waals surface area contributed by atoms with Crippen LogP contribution in [-0.4, -0.2) is 51.3 Å². The molecule has 1 aromatic heterocycles. The Morgan fingerprint density at radius 1 is 1.15 bits per heavy atom. The van der Waals surface area contributed by atoms with Crippen LogP contribution in [0.5, 0.6) is 0 Å². The molecule has 2 rings (SSSR count). The lowest BCUT2D eigenvalue weighted by Gasteiger charge is -2.25. The van der Waals surface area contributed by atoms with Gasteiger partial charge in [0.15, 0.2) is 5.70 Å². The zero-order valence-corrected chi connectivity index (χ0v) is 18.8. The lowest BCUT2D eigenvalue weighted by atomic mass is 9.99. The number of aliphatic hydroxyl groups excluding tert-OH is 1. The minimum absolute atomic E-state index is 0.00511. The van der Waals surface area contributed by atoms with Gasteiger partial charge in [0.1, 0.15) is 5.82 Å². The van der Waals surface area contributed by atoms with Gasteiger partial charge >= 0.3 is 11.8 Å². The van der Waals surface area contributed by atoms with Gasteiger partial charge in [-0.2, -0.15) is 0 Å². The number of nitrogens with zero attached hydrogens (tertiary/aromatic N) is 3. The standard InChI is InChI=1S/C21H25FN6O5/c1-11(21(3,4)26-19(32)20-28-27-12(2)33-20)25-15(16(29)18(31)23-5)17(30)24-10-13-6-8-14(22)9-7-13/h6-9,29H,10H2,1-5H3,(H,23,31)(H,24,30)(H,26,32)/b16-15+,25-11?. The van der Waals surface area contributed by atoms with E-state index in [9.17, 15) is 23.9 Å². The van der Waals surface area contributed by atoms with Crippen molar-refractivity contribution >= 4 is 23.4 Å². The second kappa shape index (κ2) is 10.5.